The average Bonchev–Trinajstić information content (AvgIpc) is 2.87. The zero-order valence-corrected chi connectivity index (χ0v) is 21.4. The van der Waals surface area contributed by atoms with E-state index in [-0.39, 0.29) is 29.9 Å². The highest BCUT2D eigenvalue weighted by Crippen LogP contribution is 2.39. The maximum absolute atomic E-state index is 13.8. The summed E-state index contributed by atoms with van der Waals surface area (Å²) in [5.74, 6) is -1.88. The van der Waals surface area contributed by atoms with Gasteiger partial charge in [0, 0.05) is 12.5 Å². The van der Waals surface area contributed by atoms with Crippen molar-refractivity contribution in [1.82, 2.24) is 0 Å². The molecule has 7 nitrogen and oxygen atoms in total. The molecular formula is C29H25F3O7. The van der Waals surface area contributed by atoms with E-state index in [0.717, 1.165) is 17.2 Å². The number of fused-ring (bicyclic) bond motifs is 1. The van der Waals surface area contributed by atoms with Crippen LogP contribution in [-0.4, -0.2) is 19.7 Å². The Balaban J connectivity index is 1.48. The van der Waals surface area contributed by atoms with Crippen molar-refractivity contribution in [2.45, 2.75) is 32.9 Å². The number of benzene rings is 3. The second-order valence-electron chi connectivity index (χ2n) is 8.77. The van der Waals surface area contributed by atoms with Gasteiger partial charge in [-0.3, -0.25) is 9.59 Å². The number of methoxy groups -OCH3 is 1. The Labute approximate surface area is 221 Å². The second kappa shape index (κ2) is 11.5. The van der Waals surface area contributed by atoms with Gasteiger partial charge in [-0.05, 0) is 79.9 Å². The molecule has 3 aromatic carbocycles. The van der Waals surface area contributed by atoms with Crippen LogP contribution >= 0.6 is 0 Å². The van der Waals surface area contributed by atoms with Crippen LogP contribution in [-0.2, 0) is 11.0 Å². The summed E-state index contributed by atoms with van der Waals surface area (Å²) in [6.07, 6.45) is -4.68. The molecule has 0 spiro atoms. The number of aryl methyl sites for hydroxylation is 2. The van der Waals surface area contributed by atoms with Crippen molar-refractivity contribution in [3.63, 3.8) is 0 Å². The third-order valence-electron chi connectivity index (χ3n) is 5.58. The van der Waals surface area contributed by atoms with Crippen molar-refractivity contribution in [3.05, 3.63) is 87.8 Å². The van der Waals surface area contributed by atoms with Crippen molar-refractivity contribution >= 4 is 16.9 Å². The largest absolute Gasteiger partial charge is 0.497 e. The predicted molar refractivity (Wildman–Crippen MR) is 137 cm³/mol. The average molecular weight is 543 g/mol. The molecule has 10 heteroatoms. The van der Waals surface area contributed by atoms with Crippen LogP contribution in [0.2, 0.25) is 0 Å². The monoisotopic (exact) mass is 542 g/mol. The minimum atomic E-state index is -5.02. The minimum absolute atomic E-state index is 0.00533. The molecule has 0 unspecified atom stereocenters. The van der Waals surface area contributed by atoms with Crippen molar-refractivity contribution in [2.24, 2.45) is 0 Å². The highest BCUT2D eigenvalue weighted by atomic mass is 19.4. The lowest BCUT2D eigenvalue weighted by molar-refractivity contribution is -0.154. The van der Waals surface area contributed by atoms with Gasteiger partial charge in [-0.25, -0.2) is 0 Å². The number of ether oxygens (including phenoxy) is 4. The van der Waals surface area contributed by atoms with E-state index < -0.39 is 34.7 Å². The van der Waals surface area contributed by atoms with Gasteiger partial charge in [0.05, 0.1) is 19.1 Å². The Morgan fingerprint density at radius 3 is 2.15 bits per heavy atom. The summed E-state index contributed by atoms with van der Waals surface area (Å²) in [7, 11) is 1.55. The molecule has 4 aromatic rings. The van der Waals surface area contributed by atoms with E-state index in [2.05, 4.69) is 0 Å². The fourth-order valence-corrected chi connectivity index (χ4v) is 3.87. The van der Waals surface area contributed by atoms with Crippen LogP contribution < -0.4 is 24.4 Å². The van der Waals surface area contributed by atoms with Gasteiger partial charge in [0.1, 0.15) is 28.6 Å². The van der Waals surface area contributed by atoms with Crippen molar-refractivity contribution in [1.29, 1.82) is 0 Å². The Morgan fingerprint density at radius 1 is 0.872 bits per heavy atom. The summed E-state index contributed by atoms with van der Waals surface area (Å²) in [6, 6.07) is 15.4. The first kappa shape index (κ1) is 27.6. The van der Waals surface area contributed by atoms with Crippen LogP contribution in [0, 0.1) is 13.8 Å². The standard InChI is InChI=1S/C29H25F3O7/c1-17-13-18(2)15-22(14-17)38-27-26(34)23-11-10-21(16-24(23)39-28(27)29(30,31)32)37-25(33)5-4-12-36-20-8-6-19(35-3)7-9-20/h6-11,13-16H,4-5,12H2,1-3H3. The number of halogens is 3. The van der Waals surface area contributed by atoms with Crippen LogP contribution in [0.1, 0.15) is 29.7 Å². The van der Waals surface area contributed by atoms with E-state index >= 15 is 0 Å². The number of alkyl halides is 3. The zero-order valence-electron chi connectivity index (χ0n) is 21.4. The summed E-state index contributed by atoms with van der Waals surface area (Å²) < 4.78 is 67.9. The fourth-order valence-electron chi connectivity index (χ4n) is 3.87. The molecule has 0 fully saturated rings. The maximum Gasteiger partial charge on any atom is 0.453 e. The first-order valence-electron chi connectivity index (χ1n) is 12.0. The van der Waals surface area contributed by atoms with Crippen molar-refractivity contribution in [2.75, 3.05) is 13.7 Å². The van der Waals surface area contributed by atoms with Gasteiger partial charge in [-0.2, -0.15) is 13.2 Å². The Bertz CT molecular complexity index is 1520. The molecule has 0 saturated carbocycles. The lowest BCUT2D eigenvalue weighted by Crippen LogP contribution is -2.16. The van der Waals surface area contributed by atoms with E-state index in [0.29, 0.717) is 17.9 Å². The van der Waals surface area contributed by atoms with E-state index in [1.54, 1.807) is 45.2 Å². The molecule has 1 aromatic heterocycles. The number of carbonyl (C=O) groups is 1. The normalized spacial score (nSPS) is 11.3. The van der Waals surface area contributed by atoms with Crippen LogP contribution in [0.15, 0.2) is 69.9 Å². The molecule has 0 aliphatic heterocycles. The summed E-state index contributed by atoms with van der Waals surface area (Å²) in [5, 5.41) is -0.157. The summed E-state index contributed by atoms with van der Waals surface area (Å²) in [4.78, 5) is 25.3. The Kier molecular flexibility index (Phi) is 8.13. The molecule has 0 aliphatic rings. The van der Waals surface area contributed by atoms with E-state index in [4.69, 9.17) is 23.4 Å². The highest BCUT2D eigenvalue weighted by molar-refractivity contribution is 5.81. The van der Waals surface area contributed by atoms with E-state index in [1.165, 1.54) is 24.3 Å². The van der Waals surface area contributed by atoms with Gasteiger partial charge in [0.15, 0.2) is 0 Å². The van der Waals surface area contributed by atoms with Gasteiger partial charge in [-0.1, -0.05) is 6.07 Å². The Morgan fingerprint density at radius 2 is 1.51 bits per heavy atom. The van der Waals surface area contributed by atoms with Gasteiger partial charge < -0.3 is 23.4 Å². The van der Waals surface area contributed by atoms with Gasteiger partial charge in [0.2, 0.25) is 11.2 Å². The molecule has 39 heavy (non-hydrogen) atoms. The summed E-state index contributed by atoms with van der Waals surface area (Å²) >= 11 is 0. The van der Waals surface area contributed by atoms with Crippen molar-refractivity contribution < 1.29 is 41.3 Å². The first-order valence-corrected chi connectivity index (χ1v) is 12.0. The molecule has 0 N–H and O–H groups in total. The predicted octanol–water partition coefficient (Wildman–Crippen LogP) is 6.99. The number of rotatable bonds is 9. The second-order valence-corrected chi connectivity index (χ2v) is 8.77. The molecule has 0 amide bonds. The van der Waals surface area contributed by atoms with Gasteiger partial charge in [-0.15, -0.1) is 0 Å². The number of hydrogen-bond donors (Lipinski definition) is 0. The maximum atomic E-state index is 13.8. The molecule has 204 valence electrons. The van der Waals surface area contributed by atoms with E-state index in [1.807, 2.05) is 6.07 Å². The minimum Gasteiger partial charge on any atom is -0.497 e. The number of esters is 1. The summed E-state index contributed by atoms with van der Waals surface area (Å²) in [5.41, 5.74) is 0.106. The van der Waals surface area contributed by atoms with Crippen LogP contribution in [0.5, 0.6) is 28.7 Å². The third-order valence-corrected chi connectivity index (χ3v) is 5.58. The number of carbonyl (C=O) groups excluding carboxylic acids is 1. The van der Waals surface area contributed by atoms with Crippen molar-refractivity contribution in [3.8, 4) is 28.7 Å². The SMILES string of the molecule is COc1ccc(OCCCC(=O)Oc2ccc3c(=O)c(Oc4cc(C)cc(C)c4)c(C(F)(F)F)oc3c2)cc1. The topological polar surface area (TPSA) is 84.2 Å². The summed E-state index contributed by atoms with van der Waals surface area (Å²) in [6.45, 7) is 3.75. The highest BCUT2D eigenvalue weighted by Gasteiger charge is 2.40. The van der Waals surface area contributed by atoms with Crippen LogP contribution in [0.3, 0.4) is 0 Å². The molecule has 0 saturated heterocycles. The molecular weight excluding hydrogens is 517 g/mol. The lowest BCUT2D eigenvalue weighted by Gasteiger charge is -2.14. The van der Waals surface area contributed by atoms with Gasteiger partial charge >= 0.3 is 12.1 Å². The molecule has 0 atom stereocenters. The molecule has 0 radical (unpaired) electrons. The fraction of sp³-hybridized carbons (Fsp3) is 0.241. The third kappa shape index (κ3) is 6.90. The Hall–Kier alpha value is -4.47. The van der Waals surface area contributed by atoms with E-state index in [9.17, 15) is 22.8 Å². The quantitative estimate of drug-likeness (QED) is 0.128. The molecule has 0 aliphatic carbocycles. The molecule has 4 rings (SSSR count). The van der Waals surface area contributed by atoms with Gasteiger partial charge in [0.25, 0.3) is 5.76 Å². The number of hydrogen-bond acceptors (Lipinski definition) is 7. The smallest absolute Gasteiger partial charge is 0.453 e. The van der Waals surface area contributed by atoms with Crippen LogP contribution in [0.25, 0.3) is 11.0 Å². The molecule has 0 bridgehead atoms. The lowest BCUT2D eigenvalue weighted by atomic mass is 10.1. The van der Waals surface area contributed by atoms with Crippen LogP contribution in [0.4, 0.5) is 13.2 Å². The first-order chi connectivity index (χ1) is 18.5. The molecule has 1 heterocycles. The zero-order chi connectivity index (χ0) is 28.2.